The molecule has 0 aliphatic rings. The van der Waals surface area contributed by atoms with E-state index in [1.54, 1.807) is 0 Å². The maximum absolute atomic E-state index is 13.6. The Morgan fingerprint density at radius 3 is 0.914 bits per heavy atom. The van der Waals surface area contributed by atoms with Crippen molar-refractivity contribution in [2.75, 3.05) is 21.3 Å². The van der Waals surface area contributed by atoms with Gasteiger partial charge in [0.2, 0.25) is 0 Å². The average molecular weight is 500 g/mol. The fourth-order valence-corrected chi connectivity index (χ4v) is 4.00. The lowest BCUT2D eigenvalue weighted by Gasteiger charge is -2.19. The van der Waals surface area contributed by atoms with Crippen LogP contribution in [-0.4, -0.2) is 39.2 Å². The molecule has 0 saturated carbocycles. The SMILES string of the molecule is COC(=O)c1ccc(OP(=O)(Oc2ccc(C(=O)OC)cc2)Oc2ccc(C(=O)OC)cc2)cc1. The summed E-state index contributed by atoms with van der Waals surface area (Å²) in [5.74, 6) is -1.41. The van der Waals surface area contributed by atoms with Crippen LogP contribution in [0.15, 0.2) is 72.8 Å². The molecule has 3 rings (SSSR count). The molecule has 0 fully saturated rings. The highest BCUT2D eigenvalue weighted by Crippen LogP contribution is 2.49. The van der Waals surface area contributed by atoms with Gasteiger partial charge in [-0.1, -0.05) is 0 Å². The molecular formula is C24H21O10P. The second kappa shape index (κ2) is 11.2. The number of hydrogen-bond acceptors (Lipinski definition) is 10. The first-order valence-electron chi connectivity index (χ1n) is 10.0. The van der Waals surface area contributed by atoms with E-state index in [0.717, 1.165) is 0 Å². The third-order valence-electron chi connectivity index (χ3n) is 4.48. The molecule has 182 valence electrons. The van der Waals surface area contributed by atoms with Crippen molar-refractivity contribution < 1.29 is 46.7 Å². The second-order valence-corrected chi connectivity index (χ2v) is 8.21. The highest BCUT2D eigenvalue weighted by Gasteiger charge is 2.33. The molecule has 11 heteroatoms. The van der Waals surface area contributed by atoms with Gasteiger partial charge in [0.25, 0.3) is 0 Å². The monoisotopic (exact) mass is 500 g/mol. The van der Waals surface area contributed by atoms with E-state index in [2.05, 4.69) is 14.2 Å². The van der Waals surface area contributed by atoms with Gasteiger partial charge in [0.15, 0.2) is 0 Å². The lowest BCUT2D eigenvalue weighted by Crippen LogP contribution is -2.09. The lowest BCUT2D eigenvalue weighted by molar-refractivity contribution is 0.0592. The summed E-state index contributed by atoms with van der Waals surface area (Å²) in [6.07, 6.45) is 0. The Bertz CT molecular complexity index is 1080. The Balaban J connectivity index is 1.88. The molecule has 0 unspecified atom stereocenters. The van der Waals surface area contributed by atoms with Gasteiger partial charge in [-0.2, -0.15) is 4.57 Å². The van der Waals surface area contributed by atoms with Crippen LogP contribution in [0, 0.1) is 0 Å². The molecule has 0 radical (unpaired) electrons. The number of methoxy groups -OCH3 is 3. The average Bonchev–Trinajstić information content (AvgIpc) is 2.88. The first kappa shape index (κ1) is 25.3. The van der Waals surface area contributed by atoms with Crippen LogP contribution in [-0.2, 0) is 18.8 Å². The van der Waals surface area contributed by atoms with Crippen molar-refractivity contribution in [3.8, 4) is 17.2 Å². The zero-order valence-corrected chi connectivity index (χ0v) is 19.9. The molecule has 35 heavy (non-hydrogen) atoms. The van der Waals surface area contributed by atoms with Crippen LogP contribution in [0.4, 0.5) is 0 Å². The van der Waals surface area contributed by atoms with Gasteiger partial charge >= 0.3 is 25.7 Å². The van der Waals surface area contributed by atoms with Crippen LogP contribution in [0.25, 0.3) is 0 Å². The maximum Gasteiger partial charge on any atom is 0.647 e. The van der Waals surface area contributed by atoms with Crippen LogP contribution in [0.1, 0.15) is 31.1 Å². The highest BCUT2D eigenvalue weighted by molar-refractivity contribution is 7.49. The number of phosphoric acid groups is 1. The van der Waals surface area contributed by atoms with Gasteiger partial charge in [-0.25, -0.2) is 14.4 Å². The Morgan fingerprint density at radius 2 is 0.714 bits per heavy atom. The summed E-state index contributed by atoms with van der Waals surface area (Å²) in [6, 6.07) is 16.9. The topological polar surface area (TPSA) is 124 Å². The van der Waals surface area contributed by atoms with Gasteiger partial charge in [0.05, 0.1) is 38.0 Å². The molecule has 0 aliphatic carbocycles. The number of ether oxygens (including phenoxy) is 3. The summed E-state index contributed by atoms with van der Waals surface area (Å²) in [5.41, 5.74) is 0.773. The molecular weight excluding hydrogens is 479 g/mol. The molecule has 0 amide bonds. The number of carbonyl (C=O) groups excluding carboxylic acids is 3. The largest absolute Gasteiger partial charge is 0.647 e. The molecule has 3 aromatic carbocycles. The standard InChI is InChI=1S/C24H21O10P/c1-29-22(25)16-4-10-19(11-5-16)32-35(28,33-20-12-6-17(7-13-20)23(26)30-2)34-21-14-8-18(9-15-21)24(27)31-3/h4-15H,1-3H3. The van der Waals surface area contributed by atoms with Crippen LogP contribution in [0.5, 0.6) is 17.2 Å². The van der Waals surface area contributed by atoms with Crippen LogP contribution >= 0.6 is 7.82 Å². The van der Waals surface area contributed by atoms with Gasteiger partial charge < -0.3 is 27.8 Å². The van der Waals surface area contributed by atoms with Crippen LogP contribution in [0.3, 0.4) is 0 Å². The molecule has 0 aliphatic heterocycles. The van der Waals surface area contributed by atoms with Crippen molar-refractivity contribution in [2.45, 2.75) is 0 Å². The van der Waals surface area contributed by atoms with Crippen molar-refractivity contribution in [1.82, 2.24) is 0 Å². The van der Waals surface area contributed by atoms with Crippen molar-refractivity contribution >= 4 is 25.7 Å². The number of hydrogen-bond donors (Lipinski definition) is 0. The second-order valence-electron chi connectivity index (χ2n) is 6.77. The quantitative estimate of drug-likeness (QED) is 0.232. The van der Waals surface area contributed by atoms with Crippen molar-refractivity contribution in [2.24, 2.45) is 0 Å². The van der Waals surface area contributed by atoms with Crippen LogP contribution in [0.2, 0.25) is 0 Å². The third kappa shape index (κ3) is 6.61. The maximum atomic E-state index is 13.6. The van der Waals surface area contributed by atoms with Gasteiger partial charge in [0.1, 0.15) is 17.2 Å². The first-order chi connectivity index (χ1) is 16.8. The highest BCUT2D eigenvalue weighted by atomic mass is 31.2. The van der Waals surface area contributed by atoms with E-state index in [1.165, 1.54) is 94.1 Å². The van der Waals surface area contributed by atoms with Crippen molar-refractivity contribution in [3.05, 3.63) is 89.5 Å². The zero-order chi connectivity index (χ0) is 25.4. The molecule has 0 bridgehead atoms. The Kier molecular flexibility index (Phi) is 8.12. The van der Waals surface area contributed by atoms with E-state index in [9.17, 15) is 18.9 Å². The first-order valence-corrected chi connectivity index (χ1v) is 11.5. The summed E-state index contributed by atoms with van der Waals surface area (Å²) in [5, 5.41) is 0. The molecule has 0 saturated heterocycles. The molecule has 3 aromatic rings. The molecule has 0 heterocycles. The van der Waals surface area contributed by atoms with Gasteiger partial charge in [-0.05, 0) is 72.8 Å². The van der Waals surface area contributed by atoms with Crippen LogP contribution < -0.4 is 13.6 Å². The summed E-state index contributed by atoms with van der Waals surface area (Å²) in [6.45, 7) is 0. The number of esters is 3. The summed E-state index contributed by atoms with van der Waals surface area (Å²) in [4.78, 5) is 35.0. The molecule has 0 aromatic heterocycles. The minimum absolute atomic E-state index is 0.0818. The Labute approximate surface area is 200 Å². The van der Waals surface area contributed by atoms with E-state index in [1.807, 2.05) is 0 Å². The van der Waals surface area contributed by atoms with Crippen molar-refractivity contribution in [3.63, 3.8) is 0 Å². The van der Waals surface area contributed by atoms with Gasteiger partial charge in [0, 0.05) is 0 Å². The van der Waals surface area contributed by atoms with E-state index < -0.39 is 25.7 Å². The minimum Gasteiger partial charge on any atom is -0.465 e. The predicted molar refractivity (Wildman–Crippen MR) is 123 cm³/mol. The van der Waals surface area contributed by atoms with E-state index in [4.69, 9.17) is 13.6 Å². The predicted octanol–water partition coefficient (Wildman–Crippen LogP) is 4.69. The van der Waals surface area contributed by atoms with E-state index in [0.29, 0.717) is 0 Å². The molecule has 0 N–H and O–H groups in total. The number of phosphoric ester groups is 1. The number of carbonyl (C=O) groups is 3. The van der Waals surface area contributed by atoms with Gasteiger partial charge in [-0.15, -0.1) is 0 Å². The molecule has 10 nitrogen and oxygen atoms in total. The third-order valence-corrected chi connectivity index (χ3v) is 5.78. The molecule has 0 atom stereocenters. The summed E-state index contributed by atoms with van der Waals surface area (Å²) >= 11 is 0. The van der Waals surface area contributed by atoms with Gasteiger partial charge in [-0.3, -0.25) is 0 Å². The summed E-state index contributed by atoms with van der Waals surface area (Å²) in [7, 11) is -0.622. The number of benzene rings is 3. The normalized spacial score (nSPS) is 10.6. The minimum atomic E-state index is -4.37. The Morgan fingerprint density at radius 1 is 0.486 bits per heavy atom. The Hall–Kier alpha value is -4.30. The smallest absolute Gasteiger partial charge is 0.465 e. The fourth-order valence-electron chi connectivity index (χ4n) is 2.75. The number of rotatable bonds is 9. The lowest BCUT2D eigenvalue weighted by atomic mass is 10.2. The van der Waals surface area contributed by atoms with E-state index in [-0.39, 0.29) is 33.9 Å². The fraction of sp³-hybridized carbons (Fsp3) is 0.125. The summed E-state index contributed by atoms with van der Waals surface area (Å²) < 4.78 is 44.2. The zero-order valence-electron chi connectivity index (χ0n) is 19.0. The van der Waals surface area contributed by atoms with E-state index >= 15 is 0 Å². The molecule has 0 spiro atoms. The van der Waals surface area contributed by atoms with Crippen molar-refractivity contribution in [1.29, 1.82) is 0 Å².